The first kappa shape index (κ1) is 11.4. The number of hydrogen-bond donors (Lipinski definition) is 1. The van der Waals surface area contributed by atoms with Crippen LogP contribution >= 0.6 is 11.3 Å². The SMILES string of the molecule is Cc1sccc1C(O)c1cncn1C(C)C. The Kier molecular flexibility index (Phi) is 3.12. The van der Waals surface area contributed by atoms with Gasteiger partial charge in [0.25, 0.3) is 0 Å². The lowest BCUT2D eigenvalue weighted by Crippen LogP contribution is -2.10. The molecule has 3 nitrogen and oxygen atoms in total. The fourth-order valence-corrected chi connectivity index (χ4v) is 2.53. The number of aliphatic hydroxyl groups is 1. The van der Waals surface area contributed by atoms with E-state index < -0.39 is 6.10 Å². The molecule has 1 unspecified atom stereocenters. The summed E-state index contributed by atoms with van der Waals surface area (Å²) in [6.07, 6.45) is 2.93. The molecule has 0 fully saturated rings. The Hall–Kier alpha value is -1.13. The zero-order valence-electron chi connectivity index (χ0n) is 9.71. The van der Waals surface area contributed by atoms with Gasteiger partial charge < -0.3 is 9.67 Å². The van der Waals surface area contributed by atoms with E-state index in [4.69, 9.17) is 0 Å². The third kappa shape index (κ3) is 1.90. The average molecular weight is 236 g/mol. The van der Waals surface area contributed by atoms with Crippen LogP contribution in [0.1, 0.15) is 42.1 Å². The molecule has 0 aromatic carbocycles. The van der Waals surface area contributed by atoms with Crippen molar-refractivity contribution in [2.45, 2.75) is 32.9 Å². The van der Waals surface area contributed by atoms with Crippen molar-refractivity contribution in [1.82, 2.24) is 9.55 Å². The van der Waals surface area contributed by atoms with Crippen molar-refractivity contribution >= 4 is 11.3 Å². The topological polar surface area (TPSA) is 38.1 Å². The predicted octanol–water partition coefficient (Wildman–Crippen LogP) is 2.92. The van der Waals surface area contributed by atoms with E-state index in [-0.39, 0.29) is 0 Å². The first-order chi connectivity index (χ1) is 7.61. The van der Waals surface area contributed by atoms with Gasteiger partial charge in [-0.15, -0.1) is 11.3 Å². The summed E-state index contributed by atoms with van der Waals surface area (Å²) >= 11 is 1.65. The van der Waals surface area contributed by atoms with Crippen molar-refractivity contribution < 1.29 is 5.11 Å². The molecular formula is C12H16N2OS. The second kappa shape index (κ2) is 4.39. The highest BCUT2D eigenvalue weighted by atomic mass is 32.1. The van der Waals surface area contributed by atoms with E-state index in [9.17, 15) is 5.11 Å². The minimum absolute atomic E-state index is 0.311. The maximum Gasteiger partial charge on any atom is 0.122 e. The number of nitrogens with zero attached hydrogens (tertiary/aromatic N) is 2. The van der Waals surface area contributed by atoms with Crippen LogP contribution in [0, 0.1) is 6.92 Å². The number of aryl methyl sites for hydroxylation is 1. The molecule has 2 heterocycles. The number of thiophene rings is 1. The Bertz CT molecular complexity index is 473. The largest absolute Gasteiger partial charge is 0.382 e. The van der Waals surface area contributed by atoms with Gasteiger partial charge in [0, 0.05) is 16.5 Å². The molecule has 0 aliphatic rings. The molecule has 86 valence electrons. The highest BCUT2D eigenvalue weighted by Crippen LogP contribution is 2.28. The molecule has 0 radical (unpaired) electrons. The molecular weight excluding hydrogens is 220 g/mol. The molecule has 0 bridgehead atoms. The molecule has 0 amide bonds. The van der Waals surface area contributed by atoms with E-state index in [2.05, 4.69) is 18.8 Å². The lowest BCUT2D eigenvalue weighted by Gasteiger charge is -2.16. The van der Waals surface area contributed by atoms with Gasteiger partial charge in [-0.2, -0.15) is 0 Å². The van der Waals surface area contributed by atoms with Crippen LogP contribution in [0.4, 0.5) is 0 Å². The van der Waals surface area contributed by atoms with E-state index in [1.165, 1.54) is 0 Å². The van der Waals surface area contributed by atoms with Crippen LogP contribution in [0.5, 0.6) is 0 Å². The summed E-state index contributed by atoms with van der Waals surface area (Å²) in [6, 6.07) is 2.29. The van der Waals surface area contributed by atoms with E-state index in [1.807, 2.05) is 22.9 Å². The smallest absolute Gasteiger partial charge is 0.122 e. The Balaban J connectivity index is 2.38. The summed E-state index contributed by atoms with van der Waals surface area (Å²) in [4.78, 5) is 5.27. The summed E-state index contributed by atoms with van der Waals surface area (Å²) in [5.74, 6) is 0. The minimum atomic E-state index is -0.573. The van der Waals surface area contributed by atoms with Gasteiger partial charge in [0.15, 0.2) is 0 Å². The molecule has 1 N–H and O–H groups in total. The van der Waals surface area contributed by atoms with Crippen LogP contribution < -0.4 is 0 Å². The fraction of sp³-hybridized carbons (Fsp3) is 0.417. The quantitative estimate of drug-likeness (QED) is 0.889. The Morgan fingerprint density at radius 1 is 1.44 bits per heavy atom. The zero-order valence-corrected chi connectivity index (χ0v) is 10.5. The molecule has 4 heteroatoms. The first-order valence-corrected chi connectivity index (χ1v) is 6.23. The number of rotatable bonds is 3. The second-order valence-corrected chi connectivity index (χ2v) is 5.27. The van der Waals surface area contributed by atoms with Crippen LogP contribution in [0.15, 0.2) is 24.0 Å². The van der Waals surface area contributed by atoms with E-state index in [1.54, 1.807) is 23.9 Å². The molecule has 0 spiro atoms. The number of aliphatic hydroxyl groups excluding tert-OH is 1. The zero-order chi connectivity index (χ0) is 11.7. The van der Waals surface area contributed by atoms with Crippen molar-refractivity contribution in [3.63, 3.8) is 0 Å². The molecule has 1 atom stereocenters. The molecule has 2 rings (SSSR count). The number of aromatic nitrogens is 2. The van der Waals surface area contributed by atoms with Crippen molar-refractivity contribution in [2.24, 2.45) is 0 Å². The number of hydrogen-bond acceptors (Lipinski definition) is 3. The van der Waals surface area contributed by atoms with Gasteiger partial charge in [0.1, 0.15) is 6.10 Å². The maximum absolute atomic E-state index is 10.3. The van der Waals surface area contributed by atoms with Crippen LogP contribution in [0.25, 0.3) is 0 Å². The molecule has 0 saturated carbocycles. The standard InChI is InChI=1S/C12H16N2OS/c1-8(2)14-7-13-6-11(14)12(15)10-4-5-16-9(10)3/h4-8,12,15H,1-3H3. The van der Waals surface area contributed by atoms with Crippen molar-refractivity contribution in [1.29, 1.82) is 0 Å². The molecule has 2 aromatic rings. The van der Waals surface area contributed by atoms with Crippen molar-refractivity contribution in [2.75, 3.05) is 0 Å². The summed E-state index contributed by atoms with van der Waals surface area (Å²) in [6.45, 7) is 6.19. The van der Waals surface area contributed by atoms with Crippen molar-refractivity contribution in [3.8, 4) is 0 Å². The lowest BCUT2D eigenvalue weighted by molar-refractivity contribution is 0.208. The maximum atomic E-state index is 10.3. The summed E-state index contributed by atoms with van der Waals surface area (Å²) in [5, 5.41) is 12.3. The molecule has 2 aromatic heterocycles. The monoisotopic (exact) mass is 236 g/mol. The van der Waals surface area contributed by atoms with Gasteiger partial charge in [-0.25, -0.2) is 4.98 Å². The predicted molar refractivity (Wildman–Crippen MR) is 65.7 cm³/mol. The summed E-state index contributed by atoms with van der Waals surface area (Å²) in [7, 11) is 0. The highest BCUT2D eigenvalue weighted by molar-refractivity contribution is 7.10. The molecule has 0 aliphatic carbocycles. The first-order valence-electron chi connectivity index (χ1n) is 5.35. The minimum Gasteiger partial charge on any atom is -0.382 e. The fourth-order valence-electron chi connectivity index (χ4n) is 1.80. The average Bonchev–Trinajstić information content (AvgIpc) is 2.84. The van der Waals surface area contributed by atoms with Gasteiger partial charge in [-0.1, -0.05) is 0 Å². The number of imidazole rings is 1. The molecule has 0 saturated heterocycles. The van der Waals surface area contributed by atoms with Gasteiger partial charge >= 0.3 is 0 Å². The highest BCUT2D eigenvalue weighted by Gasteiger charge is 2.18. The summed E-state index contributed by atoms with van der Waals surface area (Å²) < 4.78 is 2.00. The van der Waals surface area contributed by atoms with Crippen LogP contribution in [-0.4, -0.2) is 14.7 Å². The van der Waals surface area contributed by atoms with Gasteiger partial charge in [-0.3, -0.25) is 0 Å². The van der Waals surface area contributed by atoms with E-state index >= 15 is 0 Å². The normalized spacial score (nSPS) is 13.3. The van der Waals surface area contributed by atoms with Crippen molar-refractivity contribution in [3.05, 3.63) is 40.1 Å². The van der Waals surface area contributed by atoms with E-state index in [0.717, 1.165) is 16.1 Å². The lowest BCUT2D eigenvalue weighted by atomic mass is 10.1. The Morgan fingerprint density at radius 3 is 2.75 bits per heavy atom. The van der Waals surface area contributed by atoms with Crippen LogP contribution in [-0.2, 0) is 0 Å². The molecule has 16 heavy (non-hydrogen) atoms. The van der Waals surface area contributed by atoms with Crippen LogP contribution in [0.3, 0.4) is 0 Å². The Morgan fingerprint density at radius 2 is 2.19 bits per heavy atom. The second-order valence-electron chi connectivity index (χ2n) is 4.15. The van der Waals surface area contributed by atoms with E-state index in [0.29, 0.717) is 6.04 Å². The molecule has 0 aliphatic heterocycles. The van der Waals surface area contributed by atoms with Gasteiger partial charge in [-0.05, 0) is 32.2 Å². The summed E-state index contributed by atoms with van der Waals surface area (Å²) in [5.41, 5.74) is 1.84. The van der Waals surface area contributed by atoms with Gasteiger partial charge in [0.2, 0.25) is 0 Å². The third-order valence-corrected chi connectivity index (χ3v) is 3.59. The van der Waals surface area contributed by atoms with Crippen LogP contribution in [0.2, 0.25) is 0 Å². The van der Waals surface area contributed by atoms with Gasteiger partial charge in [0.05, 0.1) is 18.2 Å². The Labute approximate surface area is 99.4 Å². The third-order valence-electron chi connectivity index (χ3n) is 2.73.